The third kappa shape index (κ3) is 3.73. The minimum absolute atomic E-state index is 0.0222. The molecule has 1 amide bonds. The quantitative estimate of drug-likeness (QED) is 0.893. The second-order valence-electron chi connectivity index (χ2n) is 6.00. The molecule has 6 nitrogen and oxygen atoms in total. The third-order valence-corrected chi connectivity index (χ3v) is 6.32. The molecule has 1 aromatic rings. The van der Waals surface area contributed by atoms with Crippen molar-refractivity contribution in [2.24, 2.45) is 0 Å². The SMILES string of the molecule is O=C(NC1CCN(S(=O)(=O)c2ccccc2)CC1)C1CCCO1. The van der Waals surface area contributed by atoms with E-state index in [1.54, 1.807) is 30.3 Å². The number of nitrogens with zero attached hydrogens (tertiary/aromatic N) is 1. The normalized spacial score (nSPS) is 23.7. The Balaban J connectivity index is 1.55. The van der Waals surface area contributed by atoms with Crippen molar-refractivity contribution < 1.29 is 17.9 Å². The summed E-state index contributed by atoms with van der Waals surface area (Å²) in [5.41, 5.74) is 0. The van der Waals surface area contributed by atoms with Crippen molar-refractivity contribution in [1.29, 1.82) is 0 Å². The molecule has 2 aliphatic heterocycles. The molecule has 2 heterocycles. The highest BCUT2D eigenvalue weighted by Crippen LogP contribution is 2.21. The molecular weight excluding hydrogens is 316 g/mol. The van der Waals surface area contributed by atoms with Gasteiger partial charge in [-0.3, -0.25) is 4.79 Å². The van der Waals surface area contributed by atoms with Crippen LogP contribution in [0.3, 0.4) is 0 Å². The first-order valence-corrected chi connectivity index (χ1v) is 9.48. The molecule has 23 heavy (non-hydrogen) atoms. The van der Waals surface area contributed by atoms with Crippen molar-refractivity contribution in [2.45, 2.75) is 42.7 Å². The molecule has 2 saturated heterocycles. The number of carbonyl (C=O) groups is 1. The smallest absolute Gasteiger partial charge is 0.249 e. The molecule has 1 atom stereocenters. The van der Waals surface area contributed by atoms with Crippen LogP contribution in [0.5, 0.6) is 0 Å². The lowest BCUT2D eigenvalue weighted by Crippen LogP contribution is -2.48. The second-order valence-corrected chi connectivity index (χ2v) is 7.94. The van der Waals surface area contributed by atoms with Crippen LogP contribution < -0.4 is 5.32 Å². The lowest BCUT2D eigenvalue weighted by molar-refractivity contribution is -0.131. The first kappa shape index (κ1) is 16.4. The Bertz CT molecular complexity index is 633. The summed E-state index contributed by atoms with van der Waals surface area (Å²) in [6.45, 7) is 1.49. The van der Waals surface area contributed by atoms with Gasteiger partial charge in [0.1, 0.15) is 6.10 Å². The summed E-state index contributed by atoms with van der Waals surface area (Å²) in [6.07, 6.45) is 2.62. The van der Waals surface area contributed by atoms with Crippen LogP contribution in [0.1, 0.15) is 25.7 Å². The second kappa shape index (κ2) is 6.98. The molecular formula is C16H22N2O4S. The highest BCUT2D eigenvalue weighted by atomic mass is 32.2. The number of carbonyl (C=O) groups excluding carboxylic acids is 1. The van der Waals surface area contributed by atoms with E-state index in [4.69, 9.17) is 4.74 Å². The minimum atomic E-state index is -3.43. The predicted octanol–water partition coefficient (Wildman–Crippen LogP) is 1.13. The monoisotopic (exact) mass is 338 g/mol. The molecule has 2 aliphatic rings. The van der Waals surface area contributed by atoms with Gasteiger partial charge in [-0.25, -0.2) is 8.42 Å². The summed E-state index contributed by atoms with van der Waals surface area (Å²) in [6, 6.07) is 8.49. The Hall–Kier alpha value is -1.44. The fourth-order valence-electron chi connectivity index (χ4n) is 3.06. The van der Waals surface area contributed by atoms with Crippen LogP contribution in [0.4, 0.5) is 0 Å². The summed E-state index contributed by atoms with van der Waals surface area (Å²) < 4.78 is 32.0. The molecule has 0 bridgehead atoms. The third-order valence-electron chi connectivity index (χ3n) is 4.40. The van der Waals surface area contributed by atoms with E-state index in [1.807, 2.05) is 0 Å². The summed E-state index contributed by atoms with van der Waals surface area (Å²) >= 11 is 0. The van der Waals surface area contributed by atoms with Crippen LogP contribution in [0.25, 0.3) is 0 Å². The van der Waals surface area contributed by atoms with Gasteiger partial charge in [0.25, 0.3) is 0 Å². The van der Waals surface area contributed by atoms with Crippen LogP contribution in [0, 0.1) is 0 Å². The number of ether oxygens (including phenoxy) is 1. The van der Waals surface area contributed by atoms with Gasteiger partial charge in [-0.2, -0.15) is 4.31 Å². The van der Waals surface area contributed by atoms with Gasteiger partial charge in [0.15, 0.2) is 0 Å². The molecule has 2 fully saturated rings. The first-order chi connectivity index (χ1) is 11.1. The van der Waals surface area contributed by atoms with Crippen molar-refractivity contribution >= 4 is 15.9 Å². The van der Waals surface area contributed by atoms with Crippen molar-refractivity contribution in [2.75, 3.05) is 19.7 Å². The topological polar surface area (TPSA) is 75.7 Å². The fourth-order valence-corrected chi connectivity index (χ4v) is 4.55. The number of amides is 1. The number of nitrogens with one attached hydrogen (secondary N) is 1. The van der Waals surface area contributed by atoms with E-state index >= 15 is 0 Å². The van der Waals surface area contributed by atoms with Crippen LogP contribution >= 0.6 is 0 Å². The number of hydrogen-bond donors (Lipinski definition) is 1. The largest absolute Gasteiger partial charge is 0.368 e. The van der Waals surface area contributed by atoms with Gasteiger partial charge in [-0.15, -0.1) is 0 Å². The Labute approximate surface area is 136 Å². The molecule has 0 radical (unpaired) electrons. The number of piperidine rings is 1. The van der Waals surface area contributed by atoms with E-state index in [-0.39, 0.29) is 18.1 Å². The van der Waals surface area contributed by atoms with Gasteiger partial charge in [0.2, 0.25) is 15.9 Å². The highest BCUT2D eigenvalue weighted by Gasteiger charge is 2.31. The van der Waals surface area contributed by atoms with E-state index < -0.39 is 10.0 Å². The molecule has 0 aliphatic carbocycles. The van der Waals surface area contributed by atoms with Crippen LogP contribution in [-0.2, 0) is 19.6 Å². The molecule has 1 unspecified atom stereocenters. The lowest BCUT2D eigenvalue weighted by Gasteiger charge is -2.32. The molecule has 0 saturated carbocycles. The summed E-state index contributed by atoms with van der Waals surface area (Å²) in [5, 5.41) is 2.99. The van der Waals surface area contributed by atoms with Gasteiger partial charge in [0, 0.05) is 25.7 Å². The van der Waals surface area contributed by atoms with Gasteiger partial charge >= 0.3 is 0 Å². The number of sulfonamides is 1. The fraction of sp³-hybridized carbons (Fsp3) is 0.562. The Morgan fingerprint density at radius 1 is 1.13 bits per heavy atom. The van der Waals surface area contributed by atoms with E-state index in [2.05, 4.69) is 5.32 Å². The van der Waals surface area contributed by atoms with Gasteiger partial charge in [-0.05, 0) is 37.8 Å². The molecule has 3 rings (SSSR count). The minimum Gasteiger partial charge on any atom is -0.368 e. The highest BCUT2D eigenvalue weighted by molar-refractivity contribution is 7.89. The van der Waals surface area contributed by atoms with Gasteiger partial charge in [-0.1, -0.05) is 18.2 Å². The van der Waals surface area contributed by atoms with E-state index in [9.17, 15) is 13.2 Å². The van der Waals surface area contributed by atoms with Crippen molar-refractivity contribution in [1.82, 2.24) is 9.62 Å². The number of hydrogen-bond acceptors (Lipinski definition) is 4. The zero-order chi connectivity index (χ0) is 16.3. The summed E-state index contributed by atoms with van der Waals surface area (Å²) in [5.74, 6) is -0.0631. The predicted molar refractivity (Wildman–Crippen MR) is 85.3 cm³/mol. The van der Waals surface area contributed by atoms with E-state index in [0.29, 0.717) is 37.4 Å². The maximum atomic E-state index is 12.5. The zero-order valence-corrected chi connectivity index (χ0v) is 13.8. The summed E-state index contributed by atoms with van der Waals surface area (Å²) in [4.78, 5) is 12.4. The molecule has 0 spiro atoms. The number of benzene rings is 1. The van der Waals surface area contributed by atoms with Crippen molar-refractivity contribution in [3.05, 3.63) is 30.3 Å². The lowest BCUT2D eigenvalue weighted by atomic mass is 10.1. The molecule has 1 N–H and O–H groups in total. The van der Waals surface area contributed by atoms with Crippen LogP contribution in [0.15, 0.2) is 35.2 Å². The molecule has 0 aromatic heterocycles. The van der Waals surface area contributed by atoms with Gasteiger partial charge < -0.3 is 10.1 Å². The van der Waals surface area contributed by atoms with Crippen molar-refractivity contribution in [3.8, 4) is 0 Å². The Morgan fingerprint density at radius 2 is 1.83 bits per heavy atom. The average Bonchev–Trinajstić information content (AvgIpc) is 3.11. The Morgan fingerprint density at radius 3 is 2.43 bits per heavy atom. The molecule has 126 valence electrons. The standard InChI is InChI=1S/C16H22N2O4S/c19-16(15-7-4-12-22-15)17-13-8-10-18(11-9-13)23(20,21)14-5-2-1-3-6-14/h1-3,5-6,13,15H,4,7-12H2,(H,17,19). The van der Waals surface area contributed by atoms with Crippen molar-refractivity contribution in [3.63, 3.8) is 0 Å². The maximum absolute atomic E-state index is 12.5. The Kier molecular flexibility index (Phi) is 4.99. The van der Waals surface area contributed by atoms with E-state index in [1.165, 1.54) is 4.31 Å². The van der Waals surface area contributed by atoms with E-state index in [0.717, 1.165) is 12.8 Å². The maximum Gasteiger partial charge on any atom is 0.249 e. The van der Waals surface area contributed by atoms with Crippen LogP contribution in [0.2, 0.25) is 0 Å². The van der Waals surface area contributed by atoms with Crippen LogP contribution in [-0.4, -0.2) is 50.5 Å². The number of rotatable bonds is 4. The average molecular weight is 338 g/mol. The zero-order valence-electron chi connectivity index (χ0n) is 13.0. The van der Waals surface area contributed by atoms with Gasteiger partial charge in [0.05, 0.1) is 4.90 Å². The molecule has 7 heteroatoms. The molecule has 1 aromatic carbocycles. The first-order valence-electron chi connectivity index (χ1n) is 8.04. The summed E-state index contributed by atoms with van der Waals surface area (Å²) in [7, 11) is -3.43.